The van der Waals surface area contributed by atoms with Crippen LogP contribution in [0.15, 0.2) is 77.3 Å². The number of benzene rings is 3. The standard InChI is InChI=1S/C26H26N2O2/c1-3-4-5-6-19-7-9-20(10-8-19)21-11-13-22(14-12-21)25-27-26(30-28-25)23-15-17-24(29-2)18-16-23/h7-18H,3-6H2,1-2H3. The first-order chi connectivity index (χ1) is 14.8. The fourth-order valence-electron chi connectivity index (χ4n) is 3.45. The number of hydrogen-bond donors (Lipinski definition) is 0. The lowest BCUT2D eigenvalue weighted by Crippen LogP contribution is -1.86. The first-order valence-electron chi connectivity index (χ1n) is 10.4. The molecule has 0 fully saturated rings. The molecule has 0 aliphatic heterocycles. The Morgan fingerprint density at radius 3 is 1.97 bits per heavy atom. The number of hydrogen-bond acceptors (Lipinski definition) is 4. The topological polar surface area (TPSA) is 48.2 Å². The van der Waals surface area contributed by atoms with Crippen molar-refractivity contribution in [2.24, 2.45) is 0 Å². The van der Waals surface area contributed by atoms with Gasteiger partial charge in [-0.15, -0.1) is 0 Å². The molecule has 0 radical (unpaired) electrons. The molecule has 0 aliphatic rings. The minimum Gasteiger partial charge on any atom is -0.497 e. The van der Waals surface area contributed by atoms with E-state index in [1.54, 1.807) is 7.11 Å². The molecule has 0 amide bonds. The number of methoxy groups -OCH3 is 1. The van der Waals surface area contributed by atoms with Crippen molar-refractivity contribution in [3.05, 3.63) is 78.4 Å². The van der Waals surface area contributed by atoms with Gasteiger partial charge in [-0.2, -0.15) is 4.98 Å². The molecule has 0 unspecified atom stereocenters. The summed E-state index contributed by atoms with van der Waals surface area (Å²) in [4.78, 5) is 4.54. The van der Waals surface area contributed by atoms with Crippen molar-refractivity contribution in [3.63, 3.8) is 0 Å². The molecule has 3 aromatic carbocycles. The summed E-state index contributed by atoms with van der Waals surface area (Å²) >= 11 is 0. The Hall–Kier alpha value is -3.40. The first kappa shape index (κ1) is 19.9. The molecule has 4 nitrogen and oxygen atoms in total. The van der Waals surface area contributed by atoms with Crippen molar-refractivity contribution in [1.82, 2.24) is 10.1 Å². The zero-order chi connectivity index (χ0) is 20.8. The summed E-state index contributed by atoms with van der Waals surface area (Å²) < 4.78 is 10.6. The van der Waals surface area contributed by atoms with Crippen LogP contribution in [-0.2, 0) is 6.42 Å². The van der Waals surface area contributed by atoms with Gasteiger partial charge in [-0.3, -0.25) is 0 Å². The molecule has 0 saturated carbocycles. The largest absolute Gasteiger partial charge is 0.497 e. The summed E-state index contributed by atoms with van der Waals surface area (Å²) in [5.41, 5.74) is 5.59. The van der Waals surface area contributed by atoms with Gasteiger partial charge in [0.25, 0.3) is 5.89 Å². The Balaban J connectivity index is 1.46. The van der Waals surface area contributed by atoms with Crippen molar-refractivity contribution in [3.8, 4) is 39.7 Å². The highest BCUT2D eigenvalue weighted by Crippen LogP contribution is 2.27. The molecule has 0 N–H and O–H groups in total. The molecule has 1 heterocycles. The summed E-state index contributed by atoms with van der Waals surface area (Å²) in [7, 11) is 1.64. The average molecular weight is 399 g/mol. The van der Waals surface area contributed by atoms with E-state index in [0.717, 1.165) is 23.3 Å². The predicted octanol–water partition coefficient (Wildman–Crippen LogP) is 6.81. The fourth-order valence-corrected chi connectivity index (χ4v) is 3.45. The van der Waals surface area contributed by atoms with E-state index in [9.17, 15) is 0 Å². The van der Waals surface area contributed by atoms with Crippen molar-refractivity contribution >= 4 is 0 Å². The van der Waals surface area contributed by atoms with Crippen molar-refractivity contribution in [1.29, 1.82) is 0 Å². The third kappa shape index (κ3) is 4.60. The highest BCUT2D eigenvalue weighted by Gasteiger charge is 2.11. The van der Waals surface area contributed by atoms with Gasteiger partial charge in [0.1, 0.15) is 5.75 Å². The minimum absolute atomic E-state index is 0.496. The minimum atomic E-state index is 0.496. The number of aryl methyl sites for hydroxylation is 1. The van der Waals surface area contributed by atoms with Crippen LogP contribution in [0, 0.1) is 0 Å². The van der Waals surface area contributed by atoms with Crippen LogP contribution in [0.4, 0.5) is 0 Å². The number of nitrogens with zero attached hydrogens (tertiary/aromatic N) is 2. The van der Waals surface area contributed by atoms with Gasteiger partial charge in [0.05, 0.1) is 7.11 Å². The zero-order valence-electron chi connectivity index (χ0n) is 17.5. The molecule has 0 spiro atoms. The second kappa shape index (κ2) is 9.40. The molecule has 0 atom stereocenters. The first-order valence-corrected chi connectivity index (χ1v) is 10.4. The van der Waals surface area contributed by atoms with E-state index < -0.39 is 0 Å². The summed E-state index contributed by atoms with van der Waals surface area (Å²) in [6.07, 6.45) is 4.96. The molecule has 0 aliphatic carbocycles. The van der Waals surface area contributed by atoms with Gasteiger partial charge in [-0.25, -0.2) is 0 Å². The summed E-state index contributed by atoms with van der Waals surface area (Å²) in [6, 6.07) is 24.7. The monoisotopic (exact) mass is 398 g/mol. The van der Waals surface area contributed by atoms with Gasteiger partial charge in [0.15, 0.2) is 0 Å². The fraction of sp³-hybridized carbons (Fsp3) is 0.231. The third-order valence-corrected chi connectivity index (χ3v) is 5.26. The number of ether oxygens (including phenoxy) is 1. The van der Waals surface area contributed by atoms with Crippen molar-refractivity contribution in [2.45, 2.75) is 32.6 Å². The van der Waals surface area contributed by atoms with Gasteiger partial charge in [0, 0.05) is 11.1 Å². The molecule has 152 valence electrons. The van der Waals surface area contributed by atoms with Crippen molar-refractivity contribution in [2.75, 3.05) is 7.11 Å². The van der Waals surface area contributed by atoms with E-state index in [1.165, 1.54) is 36.0 Å². The predicted molar refractivity (Wildman–Crippen MR) is 120 cm³/mol. The Bertz CT molecular complexity index is 1070. The summed E-state index contributed by atoms with van der Waals surface area (Å²) in [5, 5.41) is 4.14. The van der Waals surface area contributed by atoms with Gasteiger partial charge in [-0.05, 0) is 53.8 Å². The highest BCUT2D eigenvalue weighted by atomic mass is 16.5. The second-order valence-corrected chi connectivity index (χ2v) is 7.38. The van der Waals surface area contributed by atoms with Crippen LogP contribution in [0.3, 0.4) is 0 Å². The molecular weight excluding hydrogens is 372 g/mol. The van der Waals surface area contributed by atoms with Crippen LogP contribution in [0.2, 0.25) is 0 Å². The molecule has 4 heteroatoms. The maximum atomic E-state index is 5.45. The van der Waals surface area contributed by atoms with E-state index in [4.69, 9.17) is 9.26 Å². The van der Waals surface area contributed by atoms with E-state index >= 15 is 0 Å². The van der Waals surface area contributed by atoms with Gasteiger partial charge in [0.2, 0.25) is 5.82 Å². The Morgan fingerprint density at radius 1 is 0.733 bits per heavy atom. The van der Waals surface area contributed by atoms with Crippen LogP contribution in [0.5, 0.6) is 5.75 Å². The Kier molecular flexibility index (Phi) is 6.23. The van der Waals surface area contributed by atoms with E-state index in [0.29, 0.717) is 11.7 Å². The van der Waals surface area contributed by atoms with Crippen molar-refractivity contribution < 1.29 is 9.26 Å². The molecule has 4 rings (SSSR count). The van der Waals surface area contributed by atoms with Gasteiger partial charge in [-0.1, -0.05) is 73.5 Å². The van der Waals surface area contributed by atoms with E-state index in [-0.39, 0.29) is 0 Å². The lowest BCUT2D eigenvalue weighted by molar-refractivity contribution is 0.414. The summed E-state index contributed by atoms with van der Waals surface area (Å²) in [6.45, 7) is 2.24. The van der Waals surface area contributed by atoms with Crippen LogP contribution >= 0.6 is 0 Å². The number of unbranched alkanes of at least 4 members (excludes halogenated alkanes) is 2. The SMILES string of the molecule is CCCCCc1ccc(-c2ccc(-c3noc(-c4ccc(OC)cc4)n3)cc2)cc1. The van der Waals surface area contributed by atoms with Crippen LogP contribution in [0.1, 0.15) is 31.7 Å². The number of aromatic nitrogens is 2. The average Bonchev–Trinajstić information content (AvgIpc) is 3.30. The lowest BCUT2D eigenvalue weighted by atomic mass is 10.0. The number of rotatable bonds is 8. The Morgan fingerprint density at radius 2 is 1.33 bits per heavy atom. The molecule has 0 bridgehead atoms. The van der Waals surface area contributed by atoms with Crippen LogP contribution < -0.4 is 4.74 Å². The normalized spacial score (nSPS) is 10.9. The lowest BCUT2D eigenvalue weighted by Gasteiger charge is -2.05. The van der Waals surface area contributed by atoms with Crippen LogP contribution in [0.25, 0.3) is 34.0 Å². The van der Waals surface area contributed by atoms with E-state index in [1.807, 2.05) is 36.4 Å². The van der Waals surface area contributed by atoms with Crippen LogP contribution in [-0.4, -0.2) is 17.3 Å². The van der Waals surface area contributed by atoms with Gasteiger partial charge >= 0.3 is 0 Å². The zero-order valence-corrected chi connectivity index (χ0v) is 17.5. The molecular formula is C26H26N2O2. The quantitative estimate of drug-likeness (QED) is 0.306. The Labute approximate surface area is 177 Å². The molecule has 30 heavy (non-hydrogen) atoms. The van der Waals surface area contributed by atoms with Gasteiger partial charge < -0.3 is 9.26 Å². The smallest absolute Gasteiger partial charge is 0.258 e. The highest BCUT2D eigenvalue weighted by molar-refractivity contribution is 5.68. The molecule has 1 aromatic heterocycles. The maximum Gasteiger partial charge on any atom is 0.258 e. The maximum absolute atomic E-state index is 5.45. The van der Waals surface area contributed by atoms with E-state index in [2.05, 4.69) is 53.5 Å². The second-order valence-electron chi connectivity index (χ2n) is 7.38. The molecule has 0 saturated heterocycles. The summed E-state index contributed by atoms with van der Waals surface area (Å²) in [5.74, 6) is 1.87. The third-order valence-electron chi connectivity index (χ3n) is 5.26. The molecule has 4 aromatic rings.